The van der Waals surface area contributed by atoms with Crippen LogP contribution in [0.3, 0.4) is 0 Å². The highest BCUT2D eigenvalue weighted by Crippen LogP contribution is 2.35. The third-order valence-electron chi connectivity index (χ3n) is 5.98. The van der Waals surface area contributed by atoms with E-state index < -0.39 is 0 Å². The first-order chi connectivity index (χ1) is 15.8. The Hall–Kier alpha value is -4.24. The zero-order valence-corrected chi connectivity index (χ0v) is 17.7. The molecule has 0 atom stereocenters. The lowest BCUT2D eigenvalue weighted by molar-refractivity contribution is 1.07. The van der Waals surface area contributed by atoms with Gasteiger partial charge in [-0.15, -0.1) is 10.2 Å². The van der Waals surface area contributed by atoms with Crippen molar-refractivity contribution in [3.8, 4) is 28.5 Å². The molecule has 1 aromatic heterocycles. The number of nitrogens with zero attached hydrogens (tertiary/aromatic N) is 3. The van der Waals surface area contributed by atoms with Gasteiger partial charge in [-0.2, -0.15) is 0 Å². The molecule has 0 radical (unpaired) electrons. The predicted octanol–water partition coefficient (Wildman–Crippen LogP) is 7.22. The van der Waals surface area contributed by atoms with Crippen molar-refractivity contribution >= 4 is 21.5 Å². The number of rotatable bonds is 3. The lowest BCUT2D eigenvalue weighted by Crippen LogP contribution is -2.01. The van der Waals surface area contributed by atoms with Crippen molar-refractivity contribution in [2.75, 3.05) is 0 Å². The SMILES string of the molecule is Cc1cccc(-n2c(-c3cccc4ccccc34)nnc2-c2cccc3ccccc23)c1. The molecule has 0 bridgehead atoms. The molecular weight excluding hydrogens is 390 g/mol. The maximum atomic E-state index is 4.74. The highest BCUT2D eigenvalue weighted by molar-refractivity contribution is 5.98. The second-order valence-electron chi connectivity index (χ2n) is 8.08. The first-order valence-electron chi connectivity index (χ1n) is 10.8. The lowest BCUT2D eigenvalue weighted by Gasteiger charge is -2.14. The second-order valence-corrected chi connectivity index (χ2v) is 8.08. The first kappa shape index (κ1) is 18.5. The van der Waals surface area contributed by atoms with Gasteiger partial charge >= 0.3 is 0 Å². The topological polar surface area (TPSA) is 30.7 Å². The minimum atomic E-state index is 0.843. The summed E-state index contributed by atoms with van der Waals surface area (Å²) in [4.78, 5) is 0. The average molecular weight is 412 g/mol. The summed E-state index contributed by atoms with van der Waals surface area (Å²) in [5.41, 5.74) is 4.40. The standard InChI is InChI=1S/C29H21N3/c1-20-9-6-14-23(19-20)32-28(26-17-7-12-21-10-2-4-15-24(21)26)30-31-29(32)27-18-8-13-22-11-3-5-16-25(22)27/h2-19H,1H3. The van der Waals surface area contributed by atoms with Gasteiger partial charge in [0.05, 0.1) is 0 Å². The number of aryl methyl sites for hydroxylation is 1. The maximum Gasteiger partial charge on any atom is 0.169 e. The summed E-state index contributed by atoms with van der Waals surface area (Å²) in [7, 11) is 0. The summed E-state index contributed by atoms with van der Waals surface area (Å²) >= 11 is 0. The van der Waals surface area contributed by atoms with Crippen molar-refractivity contribution in [2.45, 2.75) is 6.92 Å². The minimum absolute atomic E-state index is 0.843. The molecule has 0 aliphatic rings. The zero-order chi connectivity index (χ0) is 21.5. The quantitative estimate of drug-likeness (QED) is 0.308. The summed E-state index contributed by atoms with van der Waals surface area (Å²) < 4.78 is 2.19. The van der Waals surface area contributed by atoms with Crippen molar-refractivity contribution in [2.24, 2.45) is 0 Å². The zero-order valence-electron chi connectivity index (χ0n) is 17.7. The molecule has 0 N–H and O–H groups in total. The van der Waals surface area contributed by atoms with Gasteiger partial charge in [-0.3, -0.25) is 4.57 Å². The van der Waals surface area contributed by atoms with E-state index in [4.69, 9.17) is 10.2 Å². The summed E-state index contributed by atoms with van der Waals surface area (Å²) in [6.45, 7) is 2.11. The normalized spacial score (nSPS) is 11.3. The van der Waals surface area contributed by atoms with Gasteiger partial charge in [0.1, 0.15) is 0 Å². The highest BCUT2D eigenvalue weighted by atomic mass is 15.3. The Kier molecular flexibility index (Phi) is 4.32. The van der Waals surface area contributed by atoms with Crippen LogP contribution in [-0.2, 0) is 0 Å². The van der Waals surface area contributed by atoms with Crippen LogP contribution in [0.1, 0.15) is 5.56 Å². The van der Waals surface area contributed by atoms with Crippen LogP contribution >= 0.6 is 0 Å². The first-order valence-corrected chi connectivity index (χ1v) is 10.8. The predicted molar refractivity (Wildman–Crippen MR) is 132 cm³/mol. The smallest absolute Gasteiger partial charge is 0.169 e. The molecule has 1 heterocycles. The van der Waals surface area contributed by atoms with Crippen molar-refractivity contribution < 1.29 is 0 Å². The van der Waals surface area contributed by atoms with Gasteiger partial charge in [0.15, 0.2) is 11.6 Å². The maximum absolute atomic E-state index is 4.74. The molecule has 3 nitrogen and oxygen atoms in total. The van der Waals surface area contributed by atoms with Gasteiger partial charge in [0.2, 0.25) is 0 Å². The van der Waals surface area contributed by atoms with E-state index in [1.807, 2.05) is 0 Å². The van der Waals surface area contributed by atoms with Crippen LogP contribution in [-0.4, -0.2) is 14.8 Å². The van der Waals surface area contributed by atoms with E-state index >= 15 is 0 Å². The average Bonchev–Trinajstić information content (AvgIpc) is 3.28. The molecule has 3 heteroatoms. The molecule has 0 spiro atoms. The Morgan fingerprint density at radius 2 is 1.03 bits per heavy atom. The summed E-state index contributed by atoms with van der Waals surface area (Å²) in [6.07, 6.45) is 0. The van der Waals surface area contributed by atoms with Gasteiger partial charge in [0.25, 0.3) is 0 Å². The van der Waals surface area contributed by atoms with Crippen LogP contribution in [0.15, 0.2) is 109 Å². The molecule has 152 valence electrons. The lowest BCUT2D eigenvalue weighted by atomic mass is 10.0. The summed E-state index contributed by atoms with van der Waals surface area (Å²) in [6, 6.07) is 38.1. The van der Waals surface area contributed by atoms with E-state index in [1.165, 1.54) is 27.1 Å². The van der Waals surface area contributed by atoms with Gasteiger partial charge in [0, 0.05) is 16.8 Å². The van der Waals surface area contributed by atoms with E-state index in [0.717, 1.165) is 28.5 Å². The molecular formula is C29H21N3. The van der Waals surface area contributed by atoms with E-state index in [2.05, 4.69) is 121 Å². The summed E-state index contributed by atoms with van der Waals surface area (Å²) in [5, 5.41) is 14.2. The molecule has 0 saturated carbocycles. The van der Waals surface area contributed by atoms with Crippen molar-refractivity contribution in [1.29, 1.82) is 0 Å². The highest BCUT2D eigenvalue weighted by Gasteiger charge is 2.20. The Balaban J connectivity index is 1.70. The molecule has 6 aromatic rings. The number of benzene rings is 5. The largest absolute Gasteiger partial charge is 0.275 e. The van der Waals surface area contributed by atoms with Crippen molar-refractivity contribution in [1.82, 2.24) is 14.8 Å². The van der Waals surface area contributed by atoms with Crippen LogP contribution in [0, 0.1) is 6.92 Å². The molecule has 32 heavy (non-hydrogen) atoms. The van der Waals surface area contributed by atoms with Crippen LogP contribution < -0.4 is 0 Å². The number of aromatic nitrogens is 3. The number of hydrogen-bond donors (Lipinski definition) is 0. The number of fused-ring (bicyclic) bond motifs is 2. The molecule has 0 unspecified atom stereocenters. The Morgan fingerprint density at radius 1 is 0.531 bits per heavy atom. The molecule has 0 aliphatic carbocycles. The third-order valence-corrected chi connectivity index (χ3v) is 5.98. The second kappa shape index (κ2) is 7.47. The monoisotopic (exact) mass is 411 g/mol. The fourth-order valence-electron chi connectivity index (χ4n) is 4.49. The van der Waals surface area contributed by atoms with E-state index in [0.29, 0.717) is 0 Å². The van der Waals surface area contributed by atoms with E-state index in [9.17, 15) is 0 Å². The van der Waals surface area contributed by atoms with E-state index in [1.54, 1.807) is 0 Å². The molecule has 0 saturated heterocycles. The molecule has 0 fully saturated rings. The molecule has 0 amide bonds. The molecule has 6 rings (SSSR count). The number of hydrogen-bond acceptors (Lipinski definition) is 2. The van der Waals surface area contributed by atoms with Gasteiger partial charge in [-0.05, 0) is 46.2 Å². The van der Waals surface area contributed by atoms with Crippen molar-refractivity contribution in [3.05, 3.63) is 115 Å². The fourth-order valence-corrected chi connectivity index (χ4v) is 4.49. The third kappa shape index (κ3) is 2.98. The van der Waals surface area contributed by atoms with E-state index in [-0.39, 0.29) is 0 Å². The van der Waals surface area contributed by atoms with Crippen LogP contribution in [0.4, 0.5) is 0 Å². The van der Waals surface area contributed by atoms with Crippen LogP contribution in [0.5, 0.6) is 0 Å². The van der Waals surface area contributed by atoms with Gasteiger partial charge in [-0.1, -0.05) is 97.1 Å². The Bertz CT molecular complexity index is 1490. The van der Waals surface area contributed by atoms with Gasteiger partial charge in [-0.25, -0.2) is 0 Å². The fraction of sp³-hybridized carbons (Fsp3) is 0.0345. The van der Waals surface area contributed by atoms with Crippen LogP contribution in [0.2, 0.25) is 0 Å². The van der Waals surface area contributed by atoms with Crippen molar-refractivity contribution in [3.63, 3.8) is 0 Å². The Labute approximate surface area is 186 Å². The van der Waals surface area contributed by atoms with Gasteiger partial charge < -0.3 is 0 Å². The Morgan fingerprint density at radius 3 is 1.59 bits per heavy atom. The molecule has 0 aliphatic heterocycles. The minimum Gasteiger partial charge on any atom is -0.275 e. The van der Waals surface area contributed by atoms with Crippen LogP contribution in [0.25, 0.3) is 50.0 Å². The molecule has 5 aromatic carbocycles. The summed E-state index contributed by atoms with van der Waals surface area (Å²) in [5.74, 6) is 1.69.